The van der Waals surface area contributed by atoms with Gasteiger partial charge in [0.1, 0.15) is 0 Å². The number of benzene rings is 1. The van der Waals surface area contributed by atoms with Crippen LogP contribution in [0.5, 0.6) is 0 Å². The second kappa shape index (κ2) is 5.45. The highest BCUT2D eigenvalue weighted by molar-refractivity contribution is 6.34. The van der Waals surface area contributed by atoms with E-state index in [1.54, 1.807) is 11.8 Å². The molecule has 19 heavy (non-hydrogen) atoms. The van der Waals surface area contributed by atoms with E-state index in [-0.39, 0.29) is 16.6 Å². The molecule has 0 bridgehead atoms. The van der Waals surface area contributed by atoms with Crippen LogP contribution in [-0.2, 0) is 0 Å². The number of piperidine rings is 1. The van der Waals surface area contributed by atoms with Crippen molar-refractivity contribution in [2.45, 2.75) is 39.2 Å². The third kappa shape index (κ3) is 2.59. The Balaban J connectivity index is 2.43. The minimum Gasteiger partial charge on any atom is -0.336 e. The minimum absolute atomic E-state index is 0.00155. The average molecular weight is 288 g/mol. The van der Waals surface area contributed by atoms with Gasteiger partial charge < -0.3 is 4.90 Å². The van der Waals surface area contributed by atoms with Crippen LogP contribution in [0, 0.1) is 18.6 Å². The zero-order valence-electron chi connectivity index (χ0n) is 11.0. The van der Waals surface area contributed by atoms with Crippen LogP contribution in [0.15, 0.2) is 6.07 Å². The molecule has 0 saturated carbocycles. The number of aryl methyl sites for hydroxylation is 1. The maximum atomic E-state index is 13.9. The SMILES string of the molecule is Cc1cc(F)c(F)c(C(=O)N2CCCCC2C)c1Cl. The lowest BCUT2D eigenvalue weighted by atomic mass is 10.0. The fourth-order valence-corrected chi connectivity index (χ4v) is 2.68. The van der Waals surface area contributed by atoms with Gasteiger partial charge >= 0.3 is 0 Å². The molecule has 1 amide bonds. The Morgan fingerprint density at radius 1 is 1.42 bits per heavy atom. The fraction of sp³-hybridized carbons (Fsp3) is 0.500. The van der Waals surface area contributed by atoms with E-state index in [0.29, 0.717) is 12.1 Å². The van der Waals surface area contributed by atoms with Gasteiger partial charge in [-0.05, 0) is 44.7 Å². The summed E-state index contributed by atoms with van der Waals surface area (Å²) >= 11 is 5.98. The van der Waals surface area contributed by atoms with E-state index in [4.69, 9.17) is 11.6 Å². The lowest BCUT2D eigenvalue weighted by Gasteiger charge is -2.33. The monoisotopic (exact) mass is 287 g/mol. The molecule has 1 fully saturated rings. The number of halogens is 3. The number of carbonyl (C=O) groups excluding carboxylic acids is 1. The lowest BCUT2D eigenvalue weighted by molar-refractivity contribution is 0.0630. The maximum absolute atomic E-state index is 13.9. The zero-order chi connectivity index (χ0) is 14.2. The van der Waals surface area contributed by atoms with Crippen LogP contribution in [0.25, 0.3) is 0 Å². The minimum atomic E-state index is -1.15. The molecule has 5 heteroatoms. The molecule has 0 spiro atoms. The number of nitrogens with zero attached hydrogens (tertiary/aromatic N) is 1. The number of rotatable bonds is 1. The van der Waals surface area contributed by atoms with Crippen LogP contribution >= 0.6 is 11.6 Å². The van der Waals surface area contributed by atoms with Gasteiger partial charge in [-0.15, -0.1) is 0 Å². The van der Waals surface area contributed by atoms with Crippen molar-refractivity contribution >= 4 is 17.5 Å². The van der Waals surface area contributed by atoms with Gasteiger partial charge in [0.25, 0.3) is 5.91 Å². The molecule has 1 aliphatic rings. The van der Waals surface area contributed by atoms with Gasteiger partial charge in [0.05, 0.1) is 10.6 Å². The van der Waals surface area contributed by atoms with Crippen LogP contribution < -0.4 is 0 Å². The third-order valence-electron chi connectivity index (χ3n) is 3.62. The highest BCUT2D eigenvalue weighted by atomic mass is 35.5. The standard InChI is InChI=1S/C14H16ClF2NO/c1-8-7-10(16)13(17)11(12(8)15)14(19)18-6-4-3-5-9(18)2/h7,9H,3-6H2,1-2H3. The molecule has 0 radical (unpaired) electrons. The molecule has 2 rings (SSSR count). The summed E-state index contributed by atoms with van der Waals surface area (Å²) in [4.78, 5) is 14.0. The van der Waals surface area contributed by atoms with E-state index >= 15 is 0 Å². The molecule has 0 aliphatic carbocycles. The highest BCUT2D eigenvalue weighted by Crippen LogP contribution is 2.29. The summed E-state index contributed by atoms with van der Waals surface area (Å²) in [6.45, 7) is 4.03. The van der Waals surface area contributed by atoms with Gasteiger partial charge in [-0.25, -0.2) is 8.78 Å². The Morgan fingerprint density at radius 3 is 2.74 bits per heavy atom. The quantitative estimate of drug-likeness (QED) is 0.717. The summed E-state index contributed by atoms with van der Waals surface area (Å²) in [7, 11) is 0. The predicted octanol–water partition coefficient (Wildman–Crippen LogP) is 3.94. The van der Waals surface area contributed by atoms with Crippen LogP contribution in [-0.4, -0.2) is 23.4 Å². The zero-order valence-corrected chi connectivity index (χ0v) is 11.7. The van der Waals surface area contributed by atoms with Crippen molar-refractivity contribution in [2.24, 2.45) is 0 Å². The van der Waals surface area contributed by atoms with E-state index in [0.717, 1.165) is 25.3 Å². The van der Waals surface area contributed by atoms with Gasteiger partial charge in [0.2, 0.25) is 0 Å². The molecule has 104 valence electrons. The summed E-state index contributed by atoms with van der Waals surface area (Å²) in [6.07, 6.45) is 2.80. The second-order valence-electron chi connectivity index (χ2n) is 5.02. The van der Waals surface area contributed by atoms with Crippen molar-refractivity contribution in [2.75, 3.05) is 6.54 Å². The molecule has 1 aliphatic heterocycles. The van der Waals surface area contributed by atoms with Gasteiger partial charge in [0, 0.05) is 12.6 Å². The number of carbonyl (C=O) groups is 1. The third-order valence-corrected chi connectivity index (χ3v) is 4.10. The first-order chi connectivity index (χ1) is 8.93. The van der Waals surface area contributed by atoms with Crippen molar-refractivity contribution in [1.82, 2.24) is 4.90 Å². The summed E-state index contributed by atoms with van der Waals surface area (Å²) < 4.78 is 27.3. The first kappa shape index (κ1) is 14.3. The number of likely N-dealkylation sites (tertiary alicyclic amines) is 1. The van der Waals surface area contributed by atoms with E-state index < -0.39 is 17.5 Å². The smallest absolute Gasteiger partial charge is 0.258 e. The molecule has 2 nitrogen and oxygen atoms in total. The summed E-state index contributed by atoms with van der Waals surface area (Å²) in [6, 6.07) is 1.04. The highest BCUT2D eigenvalue weighted by Gasteiger charge is 2.29. The first-order valence-electron chi connectivity index (χ1n) is 6.38. The first-order valence-corrected chi connectivity index (χ1v) is 6.76. The molecule has 1 aromatic rings. The molecule has 0 N–H and O–H groups in total. The Morgan fingerprint density at radius 2 is 2.11 bits per heavy atom. The maximum Gasteiger partial charge on any atom is 0.258 e. The Kier molecular flexibility index (Phi) is 4.09. The molecule has 1 aromatic carbocycles. The van der Waals surface area contributed by atoms with Gasteiger partial charge in [-0.2, -0.15) is 0 Å². The topological polar surface area (TPSA) is 20.3 Å². The van der Waals surface area contributed by atoms with E-state index in [2.05, 4.69) is 0 Å². The molecule has 1 unspecified atom stereocenters. The predicted molar refractivity (Wildman–Crippen MR) is 70.5 cm³/mol. The van der Waals surface area contributed by atoms with Crippen molar-refractivity contribution < 1.29 is 13.6 Å². The van der Waals surface area contributed by atoms with Crippen LogP contribution in [0.3, 0.4) is 0 Å². The molecule has 1 heterocycles. The van der Waals surface area contributed by atoms with Gasteiger partial charge in [-0.3, -0.25) is 4.79 Å². The van der Waals surface area contributed by atoms with Gasteiger partial charge in [-0.1, -0.05) is 11.6 Å². The summed E-state index contributed by atoms with van der Waals surface area (Å²) in [5, 5.41) is 0.00155. The van der Waals surface area contributed by atoms with E-state index in [1.807, 2.05) is 6.92 Å². The number of hydrogen-bond donors (Lipinski definition) is 0. The summed E-state index contributed by atoms with van der Waals surface area (Å²) in [5.41, 5.74) is 0.0292. The Bertz CT molecular complexity index is 492. The Hall–Kier alpha value is -1.16. The fourth-order valence-electron chi connectivity index (χ4n) is 2.46. The molecule has 1 atom stereocenters. The second-order valence-corrected chi connectivity index (χ2v) is 5.40. The van der Waals surface area contributed by atoms with Crippen molar-refractivity contribution in [3.63, 3.8) is 0 Å². The summed E-state index contributed by atoms with van der Waals surface area (Å²) in [5.74, 6) is -2.70. The van der Waals surface area contributed by atoms with Crippen LogP contribution in [0.1, 0.15) is 42.1 Å². The van der Waals surface area contributed by atoms with Crippen molar-refractivity contribution in [3.05, 3.63) is 33.9 Å². The number of hydrogen-bond acceptors (Lipinski definition) is 1. The van der Waals surface area contributed by atoms with E-state index in [1.165, 1.54) is 0 Å². The van der Waals surface area contributed by atoms with E-state index in [9.17, 15) is 13.6 Å². The van der Waals surface area contributed by atoms with Crippen molar-refractivity contribution in [3.8, 4) is 0 Å². The molecule has 1 saturated heterocycles. The molecule has 0 aromatic heterocycles. The molecular formula is C14H16ClF2NO. The average Bonchev–Trinajstić information content (AvgIpc) is 2.37. The lowest BCUT2D eigenvalue weighted by Crippen LogP contribution is -2.42. The van der Waals surface area contributed by atoms with Gasteiger partial charge in [0.15, 0.2) is 11.6 Å². The molecular weight excluding hydrogens is 272 g/mol. The van der Waals surface area contributed by atoms with Crippen LogP contribution in [0.2, 0.25) is 5.02 Å². The van der Waals surface area contributed by atoms with Crippen molar-refractivity contribution in [1.29, 1.82) is 0 Å². The normalized spacial score (nSPS) is 19.6. The number of amides is 1. The Labute approximate surface area is 116 Å². The van der Waals surface area contributed by atoms with Crippen LogP contribution in [0.4, 0.5) is 8.78 Å². The largest absolute Gasteiger partial charge is 0.336 e.